The molecule has 1 aliphatic rings. The smallest absolute Gasteiger partial charge is 0.416 e. The number of hydrogen-bond acceptors (Lipinski definition) is 7. The zero-order valence-corrected chi connectivity index (χ0v) is 19.0. The van der Waals surface area contributed by atoms with E-state index in [0.29, 0.717) is 0 Å². The van der Waals surface area contributed by atoms with Crippen LogP contribution in [0.5, 0.6) is 5.75 Å². The Hall–Kier alpha value is -3.08. The molecule has 0 radical (unpaired) electrons. The van der Waals surface area contributed by atoms with Crippen molar-refractivity contribution >= 4 is 17.9 Å². The lowest BCUT2D eigenvalue weighted by Gasteiger charge is -2.31. The number of nitrogens with one attached hydrogen (secondary N) is 1. The standard InChI is InChI=1S/C22H27F3N4O4/c1-12(14-6-8-15(9-7-14)32-19(24)25)27-20-26-10-16(23)18(28-20)29-17(11-31-21(29)30)13(2)33-22(3,4)5/h6-10,12-13,17,19H,11H2,1-5H3,(H,26,27,28)/t12-,13+,17+/m0/s1. The van der Waals surface area contributed by atoms with Gasteiger partial charge in [0.05, 0.1) is 23.9 Å². The molecular weight excluding hydrogens is 441 g/mol. The van der Waals surface area contributed by atoms with Gasteiger partial charge in [-0.1, -0.05) is 12.1 Å². The molecule has 180 valence electrons. The number of hydrogen-bond donors (Lipinski definition) is 1. The molecule has 0 bridgehead atoms. The van der Waals surface area contributed by atoms with Crippen LogP contribution in [-0.4, -0.2) is 47.0 Å². The highest BCUT2D eigenvalue weighted by Gasteiger charge is 2.41. The van der Waals surface area contributed by atoms with E-state index in [0.717, 1.165) is 16.7 Å². The topological polar surface area (TPSA) is 85.8 Å². The Morgan fingerprint density at radius 1 is 1.21 bits per heavy atom. The molecule has 0 unspecified atom stereocenters. The molecule has 2 heterocycles. The van der Waals surface area contributed by atoms with Crippen LogP contribution >= 0.6 is 0 Å². The van der Waals surface area contributed by atoms with E-state index in [4.69, 9.17) is 9.47 Å². The van der Waals surface area contributed by atoms with Crippen LogP contribution in [0, 0.1) is 5.82 Å². The van der Waals surface area contributed by atoms with Gasteiger partial charge in [0.2, 0.25) is 5.95 Å². The molecule has 1 aromatic heterocycles. The van der Waals surface area contributed by atoms with Crippen molar-refractivity contribution in [2.45, 2.75) is 65.0 Å². The van der Waals surface area contributed by atoms with E-state index in [-0.39, 0.29) is 30.2 Å². The average molecular weight is 468 g/mol. The van der Waals surface area contributed by atoms with Gasteiger partial charge in [0.15, 0.2) is 11.6 Å². The summed E-state index contributed by atoms with van der Waals surface area (Å²) in [6.45, 7) is 6.35. The summed E-state index contributed by atoms with van der Waals surface area (Å²) in [7, 11) is 0. The first-order valence-electron chi connectivity index (χ1n) is 10.4. The van der Waals surface area contributed by atoms with Crippen molar-refractivity contribution < 1.29 is 32.2 Å². The quantitative estimate of drug-likeness (QED) is 0.589. The molecular formula is C22H27F3N4O4. The van der Waals surface area contributed by atoms with Crippen LogP contribution in [0.25, 0.3) is 0 Å². The molecule has 1 aliphatic heterocycles. The fraction of sp³-hybridized carbons (Fsp3) is 0.500. The minimum atomic E-state index is -2.91. The fourth-order valence-corrected chi connectivity index (χ4v) is 3.47. The van der Waals surface area contributed by atoms with E-state index in [1.54, 1.807) is 26.0 Å². The van der Waals surface area contributed by atoms with Gasteiger partial charge in [0, 0.05) is 0 Å². The molecule has 11 heteroatoms. The molecule has 1 saturated heterocycles. The third-order valence-electron chi connectivity index (χ3n) is 4.89. The predicted octanol–water partition coefficient (Wildman–Crippen LogP) is 4.92. The van der Waals surface area contributed by atoms with Crippen LogP contribution in [-0.2, 0) is 9.47 Å². The zero-order chi connectivity index (χ0) is 24.3. The monoisotopic (exact) mass is 468 g/mol. The van der Waals surface area contributed by atoms with Gasteiger partial charge < -0.3 is 19.5 Å². The Morgan fingerprint density at radius 3 is 2.48 bits per heavy atom. The van der Waals surface area contributed by atoms with Gasteiger partial charge in [0.25, 0.3) is 0 Å². The van der Waals surface area contributed by atoms with Crippen molar-refractivity contribution in [2.75, 3.05) is 16.8 Å². The average Bonchev–Trinajstić information content (AvgIpc) is 3.09. The number of carbonyl (C=O) groups excluding carboxylic acids is 1. The van der Waals surface area contributed by atoms with Gasteiger partial charge in [-0.15, -0.1) is 0 Å². The van der Waals surface area contributed by atoms with Crippen LogP contribution in [0.4, 0.5) is 29.7 Å². The van der Waals surface area contributed by atoms with Crippen LogP contribution in [0.1, 0.15) is 46.2 Å². The van der Waals surface area contributed by atoms with E-state index in [2.05, 4.69) is 20.0 Å². The second-order valence-electron chi connectivity index (χ2n) is 8.63. The van der Waals surface area contributed by atoms with Gasteiger partial charge in [0.1, 0.15) is 18.4 Å². The maximum atomic E-state index is 14.7. The molecule has 33 heavy (non-hydrogen) atoms. The lowest BCUT2D eigenvalue weighted by Crippen LogP contribution is -2.45. The molecule has 0 aliphatic carbocycles. The Morgan fingerprint density at radius 2 is 1.88 bits per heavy atom. The molecule has 8 nitrogen and oxygen atoms in total. The Balaban J connectivity index is 1.79. The summed E-state index contributed by atoms with van der Waals surface area (Å²) in [5, 5.41) is 3.02. The molecule has 2 aromatic rings. The molecule has 1 N–H and O–H groups in total. The number of cyclic esters (lactones) is 1. The SMILES string of the molecule is C[C@H](Nc1ncc(F)c(N2C(=O)OC[C@@H]2[C@@H](C)OC(C)(C)C)n1)c1ccc(OC(F)F)cc1. The van der Waals surface area contributed by atoms with Crippen molar-refractivity contribution in [2.24, 2.45) is 0 Å². The second-order valence-corrected chi connectivity index (χ2v) is 8.63. The molecule has 3 rings (SSSR count). The third kappa shape index (κ3) is 6.25. The van der Waals surface area contributed by atoms with Gasteiger partial charge in [-0.25, -0.2) is 19.1 Å². The van der Waals surface area contributed by atoms with Gasteiger partial charge in [-0.3, -0.25) is 0 Å². The Kier molecular flexibility index (Phi) is 7.31. The lowest BCUT2D eigenvalue weighted by molar-refractivity contribution is -0.0619. The summed E-state index contributed by atoms with van der Waals surface area (Å²) in [6, 6.07) is 5.12. The van der Waals surface area contributed by atoms with Crippen molar-refractivity contribution in [1.82, 2.24) is 9.97 Å². The number of halogens is 3. The Bertz CT molecular complexity index is 969. The third-order valence-corrected chi connectivity index (χ3v) is 4.89. The second kappa shape index (κ2) is 9.82. The minimum Gasteiger partial charge on any atom is -0.447 e. The zero-order valence-electron chi connectivity index (χ0n) is 19.0. The van der Waals surface area contributed by atoms with Crippen molar-refractivity contribution in [1.29, 1.82) is 0 Å². The molecule has 1 aromatic carbocycles. The first-order valence-corrected chi connectivity index (χ1v) is 10.4. The van der Waals surface area contributed by atoms with E-state index in [9.17, 15) is 18.0 Å². The van der Waals surface area contributed by atoms with Crippen molar-refractivity contribution in [3.8, 4) is 5.75 Å². The van der Waals surface area contributed by atoms with E-state index >= 15 is 0 Å². The van der Waals surface area contributed by atoms with Crippen LogP contribution in [0.2, 0.25) is 0 Å². The number of aromatic nitrogens is 2. The van der Waals surface area contributed by atoms with Crippen LogP contribution in [0.15, 0.2) is 30.5 Å². The number of rotatable bonds is 8. The first-order chi connectivity index (χ1) is 15.4. The maximum absolute atomic E-state index is 14.7. The van der Waals surface area contributed by atoms with Gasteiger partial charge in [-0.05, 0) is 52.3 Å². The van der Waals surface area contributed by atoms with E-state index in [1.165, 1.54) is 12.1 Å². The molecule has 0 spiro atoms. The largest absolute Gasteiger partial charge is 0.447 e. The predicted molar refractivity (Wildman–Crippen MR) is 115 cm³/mol. The number of amides is 1. The summed E-state index contributed by atoms with van der Waals surface area (Å²) in [5.41, 5.74) is 0.260. The molecule has 1 amide bonds. The summed E-state index contributed by atoms with van der Waals surface area (Å²) in [6.07, 6.45) is -0.208. The summed E-state index contributed by atoms with van der Waals surface area (Å²) >= 11 is 0. The number of anilines is 2. The molecule has 1 fully saturated rings. The van der Waals surface area contributed by atoms with E-state index in [1.807, 2.05) is 20.8 Å². The maximum Gasteiger partial charge on any atom is 0.416 e. The number of nitrogens with zero attached hydrogens (tertiary/aromatic N) is 3. The number of benzene rings is 1. The Labute approximate surface area is 190 Å². The van der Waals surface area contributed by atoms with Crippen molar-refractivity contribution in [3.05, 3.63) is 41.8 Å². The van der Waals surface area contributed by atoms with Crippen LogP contribution < -0.4 is 15.0 Å². The minimum absolute atomic E-state index is 0.0335. The highest BCUT2D eigenvalue weighted by molar-refractivity contribution is 5.89. The number of ether oxygens (including phenoxy) is 3. The lowest BCUT2D eigenvalue weighted by atomic mass is 10.1. The first kappa shape index (κ1) is 24.6. The highest BCUT2D eigenvalue weighted by atomic mass is 19.3. The number of carbonyl (C=O) groups is 1. The normalized spacial score (nSPS) is 18.3. The number of alkyl halides is 2. The van der Waals surface area contributed by atoms with Gasteiger partial charge in [-0.2, -0.15) is 13.8 Å². The molecule has 3 atom stereocenters. The highest BCUT2D eigenvalue weighted by Crippen LogP contribution is 2.29. The van der Waals surface area contributed by atoms with Crippen LogP contribution in [0.3, 0.4) is 0 Å². The van der Waals surface area contributed by atoms with E-state index < -0.39 is 36.3 Å². The fourth-order valence-electron chi connectivity index (χ4n) is 3.47. The summed E-state index contributed by atoms with van der Waals surface area (Å²) < 4.78 is 54.7. The molecule has 0 saturated carbocycles. The van der Waals surface area contributed by atoms with Crippen molar-refractivity contribution in [3.63, 3.8) is 0 Å². The summed E-state index contributed by atoms with van der Waals surface area (Å²) in [5.74, 6) is -0.896. The van der Waals surface area contributed by atoms with Gasteiger partial charge >= 0.3 is 12.7 Å². The summed E-state index contributed by atoms with van der Waals surface area (Å²) in [4.78, 5) is 21.7.